The molecule has 2 rings (SSSR count). The minimum Gasteiger partial charge on any atom is -0.456 e. The number of aromatic nitrogens is 1. The van der Waals surface area contributed by atoms with Gasteiger partial charge in [0.05, 0.1) is 17.6 Å². The molecule has 1 aromatic heterocycles. The molecule has 4 atom stereocenters. The molecule has 1 aliphatic rings. The molecule has 0 bridgehead atoms. The van der Waals surface area contributed by atoms with Crippen molar-refractivity contribution in [3.05, 3.63) is 26.5 Å². The number of nitrogens with two attached hydrogens (primary N) is 1. The van der Waals surface area contributed by atoms with Gasteiger partial charge < -0.3 is 35.5 Å². The second kappa shape index (κ2) is 5.65. The first-order chi connectivity index (χ1) is 9.85. The molecule has 0 unspecified atom stereocenters. The van der Waals surface area contributed by atoms with Gasteiger partial charge in [-0.3, -0.25) is 14.9 Å². The lowest BCUT2D eigenvalue weighted by molar-refractivity contribution is -0.384. The van der Waals surface area contributed by atoms with Crippen LogP contribution in [0, 0.1) is 10.1 Å². The average molecular weight is 303 g/mol. The monoisotopic (exact) mass is 303 g/mol. The van der Waals surface area contributed by atoms with Gasteiger partial charge in [0.15, 0.2) is 11.6 Å². The van der Waals surface area contributed by atoms with E-state index < -0.39 is 58.9 Å². The molecule has 1 fully saturated rings. The predicted octanol–water partition coefficient (Wildman–Crippen LogP) is -2.32. The van der Waals surface area contributed by atoms with Gasteiger partial charge in [-0.2, -0.15) is 0 Å². The van der Waals surface area contributed by atoms with Crippen LogP contribution in [0.15, 0.2) is 10.9 Å². The number of nitro groups is 1. The molecule has 21 heavy (non-hydrogen) atoms. The molecule has 0 radical (unpaired) electrons. The highest BCUT2D eigenvalue weighted by Gasteiger charge is 2.44. The van der Waals surface area contributed by atoms with Crippen molar-refractivity contribution in [1.82, 2.24) is 4.98 Å². The second-order valence-electron chi connectivity index (χ2n) is 4.34. The van der Waals surface area contributed by atoms with Crippen molar-refractivity contribution in [3.63, 3.8) is 0 Å². The van der Waals surface area contributed by atoms with Gasteiger partial charge in [-0.1, -0.05) is 0 Å². The van der Waals surface area contributed by atoms with Crippen molar-refractivity contribution < 1.29 is 29.7 Å². The van der Waals surface area contributed by atoms with E-state index in [1.807, 2.05) is 4.98 Å². The highest BCUT2D eigenvalue weighted by Crippen LogP contribution is 2.26. The van der Waals surface area contributed by atoms with E-state index in [1.54, 1.807) is 0 Å². The number of pyridine rings is 1. The number of aliphatic hydroxyl groups excluding tert-OH is 3. The van der Waals surface area contributed by atoms with Crippen LogP contribution in [0.3, 0.4) is 0 Å². The Hall–Kier alpha value is -2.21. The number of aliphatic hydroxyl groups is 3. The molecular weight excluding hydrogens is 290 g/mol. The largest absolute Gasteiger partial charge is 0.456 e. The smallest absolute Gasteiger partial charge is 0.313 e. The van der Waals surface area contributed by atoms with Gasteiger partial charge in [0.2, 0.25) is 6.29 Å². The number of aromatic amines is 1. The summed E-state index contributed by atoms with van der Waals surface area (Å²) in [6, 6.07) is 0.781. The number of anilines is 1. The Kier molecular flexibility index (Phi) is 4.09. The molecule has 11 heteroatoms. The molecule has 1 aliphatic heterocycles. The molecule has 0 spiro atoms. The number of rotatable bonds is 4. The first-order valence-corrected chi connectivity index (χ1v) is 5.81. The van der Waals surface area contributed by atoms with Crippen molar-refractivity contribution in [3.8, 4) is 5.75 Å². The number of ether oxygens (including phenoxy) is 2. The van der Waals surface area contributed by atoms with Crippen LogP contribution >= 0.6 is 0 Å². The zero-order valence-corrected chi connectivity index (χ0v) is 10.5. The lowest BCUT2D eigenvalue weighted by Gasteiger charge is -2.16. The Morgan fingerprint density at radius 3 is 2.67 bits per heavy atom. The molecule has 11 nitrogen and oxygen atoms in total. The summed E-state index contributed by atoms with van der Waals surface area (Å²) in [4.78, 5) is 23.5. The van der Waals surface area contributed by atoms with Crippen molar-refractivity contribution >= 4 is 11.5 Å². The number of nitrogens with zero attached hydrogens (tertiary/aromatic N) is 1. The van der Waals surface area contributed by atoms with E-state index in [1.165, 1.54) is 0 Å². The van der Waals surface area contributed by atoms with Gasteiger partial charge in [0, 0.05) is 0 Å². The highest BCUT2D eigenvalue weighted by molar-refractivity contribution is 5.54. The summed E-state index contributed by atoms with van der Waals surface area (Å²) in [6.45, 7) is -0.573. The average Bonchev–Trinajstić information content (AvgIpc) is 2.69. The van der Waals surface area contributed by atoms with Crippen LogP contribution in [-0.2, 0) is 4.74 Å². The number of hydrogen-bond acceptors (Lipinski definition) is 9. The van der Waals surface area contributed by atoms with E-state index in [2.05, 4.69) is 0 Å². The summed E-state index contributed by atoms with van der Waals surface area (Å²) in [6.07, 6.45) is -5.49. The Labute approximate surface area is 116 Å². The van der Waals surface area contributed by atoms with Crippen LogP contribution in [0.4, 0.5) is 11.5 Å². The van der Waals surface area contributed by atoms with Gasteiger partial charge in [-0.15, -0.1) is 0 Å². The third-order valence-electron chi connectivity index (χ3n) is 2.95. The molecular formula is C10H13N3O8. The van der Waals surface area contributed by atoms with E-state index in [0.717, 1.165) is 6.07 Å². The lowest BCUT2D eigenvalue weighted by atomic mass is 10.1. The SMILES string of the molecule is Nc1[nH]c(=O)c(O[C@@H]2O[C@H](CO)[C@@H](O)[C@H]2O)cc1[N+](=O)[O-]. The van der Waals surface area contributed by atoms with Crippen LogP contribution in [0.1, 0.15) is 0 Å². The topological polar surface area (TPSA) is 181 Å². The summed E-state index contributed by atoms with van der Waals surface area (Å²) >= 11 is 0. The summed E-state index contributed by atoms with van der Waals surface area (Å²) < 4.78 is 10.0. The van der Waals surface area contributed by atoms with Crippen molar-refractivity contribution in [2.75, 3.05) is 12.3 Å². The maximum absolute atomic E-state index is 11.6. The first-order valence-electron chi connectivity index (χ1n) is 5.81. The van der Waals surface area contributed by atoms with E-state index in [0.29, 0.717) is 0 Å². The maximum Gasteiger partial charge on any atom is 0.313 e. The number of nitrogen functional groups attached to an aromatic ring is 1. The van der Waals surface area contributed by atoms with Gasteiger partial charge in [-0.05, 0) is 0 Å². The Balaban J connectivity index is 2.26. The fraction of sp³-hybridized carbons (Fsp3) is 0.500. The molecule has 0 aliphatic carbocycles. The van der Waals surface area contributed by atoms with Gasteiger partial charge >= 0.3 is 5.69 Å². The Morgan fingerprint density at radius 2 is 2.14 bits per heavy atom. The van der Waals surface area contributed by atoms with Crippen LogP contribution in [0.25, 0.3) is 0 Å². The maximum atomic E-state index is 11.6. The van der Waals surface area contributed by atoms with Crippen molar-refractivity contribution in [1.29, 1.82) is 0 Å². The van der Waals surface area contributed by atoms with Crippen LogP contribution in [0.5, 0.6) is 5.75 Å². The Bertz CT molecular complexity index is 602. The highest BCUT2D eigenvalue weighted by atomic mass is 16.7. The number of hydrogen-bond donors (Lipinski definition) is 5. The summed E-state index contributed by atoms with van der Waals surface area (Å²) in [5, 5.41) is 38.8. The Morgan fingerprint density at radius 1 is 1.48 bits per heavy atom. The third kappa shape index (κ3) is 2.80. The summed E-state index contributed by atoms with van der Waals surface area (Å²) in [5.74, 6) is -0.954. The van der Waals surface area contributed by atoms with E-state index >= 15 is 0 Å². The lowest BCUT2D eigenvalue weighted by Crippen LogP contribution is -2.36. The van der Waals surface area contributed by atoms with E-state index in [4.69, 9.17) is 20.3 Å². The molecule has 0 aromatic carbocycles. The van der Waals surface area contributed by atoms with Crippen LogP contribution in [-0.4, -0.2) is 56.4 Å². The standard InChI is InChI=1S/C10H13N3O8/c11-8-3(13(18)19)1-4(9(17)12-8)20-10-7(16)6(15)5(2-14)21-10/h1,5-7,10,14-16H,2H2,(H3,11,12,17)/t5-,6-,7-,10-/m1/s1. The normalized spacial score (nSPS) is 28.5. The molecule has 6 N–H and O–H groups in total. The minimum atomic E-state index is -1.53. The molecule has 1 saturated heterocycles. The van der Waals surface area contributed by atoms with Gasteiger partial charge in [0.1, 0.15) is 18.3 Å². The number of H-pyrrole nitrogens is 1. The van der Waals surface area contributed by atoms with Gasteiger partial charge in [0.25, 0.3) is 5.56 Å². The fourth-order valence-electron chi connectivity index (χ4n) is 1.84. The molecule has 1 aromatic rings. The van der Waals surface area contributed by atoms with Crippen molar-refractivity contribution in [2.24, 2.45) is 0 Å². The van der Waals surface area contributed by atoms with E-state index in [-0.39, 0.29) is 0 Å². The van der Waals surface area contributed by atoms with Crippen LogP contribution in [0.2, 0.25) is 0 Å². The molecule has 116 valence electrons. The van der Waals surface area contributed by atoms with Gasteiger partial charge in [-0.25, -0.2) is 0 Å². The minimum absolute atomic E-state index is 0.446. The molecule has 2 heterocycles. The third-order valence-corrected chi connectivity index (χ3v) is 2.95. The summed E-state index contributed by atoms with van der Waals surface area (Å²) in [5.41, 5.74) is 3.83. The second-order valence-corrected chi connectivity index (χ2v) is 4.34. The quantitative estimate of drug-likeness (QED) is 0.301. The van der Waals surface area contributed by atoms with Crippen LogP contribution < -0.4 is 16.0 Å². The molecule has 0 amide bonds. The summed E-state index contributed by atoms with van der Waals surface area (Å²) in [7, 11) is 0. The zero-order valence-electron chi connectivity index (χ0n) is 10.5. The van der Waals surface area contributed by atoms with E-state index in [9.17, 15) is 25.1 Å². The number of nitrogens with one attached hydrogen (secondary N) is 1. The fourth-order valence-corrected chi connectivity index (χ4v) is 1.84. The predicted molar refractivity (Wildman–Crippen MR) is 66.5 cm³/mol. The molecule has 0 saturated carbocycles. The first kappa shape index (κ1) is 15.2. The van der Waals surface area contributed by atoms with Crippen molar-refractivity contribution in [2.45, 2.75) is 24.6 Å². The zero-order chi connectivity index (χ0) is 15.7.